The maximum Gasteiger partial charge on any atom is 0.276 e. The average Bonchev–Trinajstić information content (AvgIpc) is 2.59. The van der Waals surface area contributed by atoms with Gasteiger partial charge in [-0.2, -0.15) is 0 Å². The van der Waals surface area contributed by atoms with Crippen molar-refractivity contribution in [3.63, 3.8) is 0 Å². The number of Topliss-reactive ketones (excluding diaryl/α,β-unsaturated/α-hetero) is 2. The highest BCUT2D eigenvalue weighted by Gasteiger charge is 2.16. The second-order valence-electron chi connectivity index (χ2n) is 4.80. The Balaban J connectivity index is 1.93. The summed E-state index contributed by atoms with van der Waals surface area (Å²) < 4.78 is 0. The lowest BCUT2D eigenvalue weighted by atomic mass is 9.99. The Morgan fingerprint density at radius 2 is 1.41 bits per heavy atom. The first-order chi connectivity index (χ1) is 10.8. The van der Waals surface area contributed by atoms with E-state index in [1.807, 2.05) is 48.5 Å². The highest BCUT2D eigenvalue weighted by atomic mass is 16.2. The lowest BCUT2D eigenvalue weighted by molar-refractivity contribution is -0.110. The van der Waals surface area contributed by atoms with E-state index in [1.165, 1.54) is 0 Å². The van der Waals surface area contributed by atoms with Gasteiger partial charge in [-0.3, -0.25) is 9.59 Å². The number of ketones is 2. The van der Waals surface area contributed by atoms with Crippen LogP contribution in [0.2, 0.25) is 0 Å². The van der Waals surface area contributed by atoms with Crippen molar-refractivity contribution in [2.75, 3.05) is 0 Å². The van der Waals surface area contributed by atoms with E-state index in [0.717, 1.165) is 10.8 Å². The van der Waals surface area contributed by atoms with Gasteiger partial charge in [0.15, 0.2) is 0 Å². The quantitative estimate of drug-likeness (QED) is 0.409. The second kappa shape index (κ2) is 6.07. The summed E-state index contributed by atoms with van der Waals surface area (Å²) in [5.41, 5.74) is 1.10. The number of carbonyl (C=O) groups excluding carboxylic acids is 2. The molecule has 2 heteroatoms. The van der Waals surface area contributed by atoms with Gasteiger partial charge in [-0.15, -0.1) is 0 Å². The minimum atomic E-state index is -0.694. The van der Waals surface area contributed by atoms with Crippen LogP contribution < -0.4 is 0 Å². The monoisotopic (exact) mass is 284 g/mol. The highest BCUT2D eigenvalue weighted by Crippen LogP contribution is 2.19. The van der Waals surface area contributed by atoms with Gasteiger partial charge in [-0.1, -0.05) is 66.6 Å². The Hall–Kier alpha value is -3.18. The summed E-state index contributed by atoms with van der Waals surface area (Å²) in [6.45, 7) is 0. The van der Waals surface area contributed by atoms with E-state index in [1.54, 1.807) is 24.3 Å². The van der Waals surface area contributed by atoms with Crippen LogP contribution in [0.25, 0.3) is 10.8 Å². The molecular formula is C20H12O2. The van der Waals surface area contributed by atoms with Gasteiger partial charge in [0.05, 0.1) is 0 Å². The van der Waals surface area contributed by atoms with Crippen LogP contribution >= 0.6 is 0 Å². The SMILES string of the molecule is O=C(C#Cc1ccccc1)C(=O)c1cccc2ccccc12. The molecular weight excluding hydrogens is 272 g/mol. The molecule has 22 heavy (non-hydrogen) atoms. The van der Waals surface area contributed by atoms with Crippen LogP contribution in [-0.4, -0.2) is 11.6 Å². The lowest BCUT2D eigenvalue weighted by Crippen LogP contribution is -2.12. The van der Waals surface area contributed by atoms with Crippen LogP contribution in [0, 0.1) is 11.8 Å². The molecule has 0 aliphatic carbocycles. The van der Waals surface area contributed by atoms with Gasteiger partial charge in [0.1, 0.15) is 0 Å². The van der Waals surface area contributed by atoms with Crippen molar-refractivity contribution in [2.24, 2.45) is 0 Å². The first-order valence-electron chi connectivity index (χ1n) is 6.89. The third-order valence-electron chi connectivity index (χ3n) is 3.33. The van der Waals surface area contributed by atoms with E-state index in [9.17, 15) is 9.59 Å². The van der Waals surface area contributed by atoms with E-state index < -0.39 is 11.6 Å². The zero-order chi connectivity index (χ0) is 15.4. The zero-order valence-electron chi connectivity index (χ0n) is 11.7. The van der Waals surface area contributed by atoms with E-state index in [2.05, 4.69) is 11.8 Å². The molecule has 0 saturated carbocycles. The summed E-state index contributed by atoms with van der Waals surface area (Å²) in [5.74, 6) is 3.88. The third-order valence-corrected chi connectivity index (χ3v) is 3.33. The Morgan fingerprint density at radius 3 is 2.23 bits per heavy atom. The van der Waals surface area contributed by atoms with E-state index in [0.29, 0.717) is 11.1 Å². The largest absolute Gasteiger partial charge is 0.284 e. The zero-order valence-corrected chi connectivity index (χ0v) is 11.7. The Morgan fingerprint density at radius 1 is 0.727 bits per heavy atom. The Bertz CT molecular complexity index is 907. The molecule has 0 spiro atoms. The van der Waals surface area contributed by atoms with Gasteiger partial charge in [0.25, 0.3) is 5.78 Å². The van der Waals surface area contributed by atoms with Crippen molar-refractivity contribution in [1.29, 1.82) is 0 Å². The van der Waals surface area contributed by atoms with Crippen molar-refractivity contribution in [3.05, 3.63) is 83.9 Å². The number of carbonyl (C=O) groups is 2. The van der Waals surface area contributed by atoms with Gasteiger partial charge in [0.2, 0.25) is 5.78 Å². The lowest BCUT2D eigenvalue weighted by Gasteiger charge is -2.02. The smallest absolute Gasteiger partial charge is 0.276 e. The van der Waals surface area contributed by atoms with Crippen molar-refractivity contribution >= 4 is 22.3 Å². The number of hydrogen-bond donors (Lipinski definition) is 0. The molecule has 3 rings (SSSR count). The minimum Gasteiger partial charge on any atom is -0.284 e. The average molecular weight is 284 g/mol. The first kappa shape index (κ1) is 13.8. The van der Waals surface area contributed by atoms with Crippen molar-refractivity contribution in [1.82, 2.24) is 0 Å². The Kier molecular flexibility index (Phi) is 3.80. The Labute approximate surface area is 128 Å². The van der Waals surface area contributed by atoms with E-state index in [4.69, 9.17) is 0 Å². The molecule has 0 amide bonds. The van der Waals surface area contributed by atoms with Gasteiger partial charge < -0.3 is 0 Å². The van der Waals surface area contributed by atoms with Crippen LogP contribution in [0.15, 0.2) is 72.8 Å². The normalized spacial score (nSPS) is 9.82. The fourth-order valence-corrected chi connectivity index (χ4v) is 2.25. The van der Waals surface area contributed by atoms with Crippen LogP contribution in [0.5, 0.6) is 0 Å². The predicted octanol–water partition coefficient (Wildman–Crippen LogP) is 3.64. The van der Waals surface area contributed by atoms with Crippen LogP contribution in [0.4, 0.5) is 0 Å². The van der Waals surface area contributed by atoms with E-state index >= 15 is 0 Å². The predicted molar refractivity (Wildman–Crippen MR) is 86.6 cm³/mol. The summed E-state index contributed by atoms with van der Waals surface area (Å²) in [7, 11) is 0. The molecule has 0 aliphatic rings. The summed E-state index contributed by atoms with van der Waals surface area (Å²) >= 11 is 0. The molecule has 3 aromatic carbocycles. The number of benzene rings is 3. The molecule has 0 unspecified atom stereocenters. The fourth-order valence-electron chi connectivity index (χ4n) is 2.25. The van der Waals surface area contributed by atoms with Crippen molar-refractivity contribution in [2.45, 2.75) is 0 Å². The molecule has 0 radical (unpaired) electrons. The summed E-state index contributed by atoms with van der Waals surface area (Å²) in [6, 6.07) is 22.0. The molecule has 0 aliphatic heterocycles. The van der Waals surface area contributed by atoms with Gasteiger partial charge >= 0.3 is 0 Å². The molecule has 0 atom stereocenters. The number of rotatable bonds is 2. The molecule has 0 N–H and O–H groups in total. The fraction of sp³-hybridized carbons (Fsp3) is 0. The minimum absolute atomic E-state index is 0.394. The summed E-state index contributed by atoms with van der Waals surface area (Å²) in [5, 5.41) is 1.70. The number of fused-ring (bicyclic) bond motifs is 1. The molecule has 0 saturated heterocycles. The van der Waals surface area contributed by atoms with Gasteiger partial charge in [-0.25, -0.2) is 0 Å². The molecule has 3 aromatic rings. The van der Waals surface area contributed by atoms with Crippen LogP contribution in [0.3, 0.4) is 0 Å². The van der Waals surface area contributed by atoms with Crippen LogP contribution in [0.1, 0.15) is 15.9 Å². The maximum atomic E-state index is 12.3. The number of hydrogen-bond acceptors (Lipinski definition) is 2. The molecule has 0 heterocycles. The second-order valence-corrected chi connectivity index (χ2v) is 4.80. The molecule has 0 fully saturated rings. The van der Waals surface area contributed by atoms with Gasteiger partial charge in [-0.05, 0) is 28.8 Å². The standard InChI is InChI=1S/C20H12O2/c21-19(14-13-15-7-2-1-3-8-15)20(22)18-12-6-10-16-9-4-5-11-17(16)18/h1-12H. The van der Waals surface area contributed by atoms with Crippen LogP contribution in [-0.2, 0) is 4.79 Å². The highest BCUT2D eigenvalue weighted by molar-refractivity contribution is 6.51. The van der Waals surface area contributed by atoms with Crippen molar-refractivity contribution < 1.29 is 9.59 Å². The molecule has 2 nitrogen and oxygen atoms in total. The van der Waals surface area contributed by atoms with E-state index in [-0.39, 0.29) is 0 Å². The van der Waals surface area contributed by atoms with Crippen molar-refractivity contribution in [3.8, 4) is 11.8 Å². The third kappa shape index (κ3) is 2.79. The topological polar surface area (TPSA) is 34.1 Å². The molecule has 104 valence electrons. The van der Waals surface area contributed by atoms with Gasteiger partial charge in [0, 0.05) is 11.1 Å². The molecule has 0 aromatic heterocycles. The molecule has 0 bridgehead atoms. The first-order valence-corrected chi connectivity index (χ1v) is 6.89. The maximum absolute atomic E-state index is 12.3. The summed E-state index contributed by atoms with van der Waals surface area (Å²) in [4.78, 5) is 24.4. The summed E-state index contributed by atoms with van der Waals surface area (Å²) in [6.07, 6.45) is 0.